The first-order chi connectivity index (χ1) is 8.32. The first-order valence-corrected chi connectivity index (χ1v) is 6.42. The van der Waals surface area contributed by atoms with Crippen LogP contribution >= 0.6 is 0 Å². The highest BCUT2D eigenvalue weighted by atomic mass is 15.4. The Morgan fingerprint density at radius 1 is 1.17 bits per heavy atom. The molecule has 0 unspecified atom stereocenters. The molecule has 96 valence electrons. The van der Waals surface area contributed by atoms with E-state index in [1.807, 2.05) is 16.8 Å². The number of aryl methyl sites for hydroxylation is 1. The molecule has 4 heteroatoms. The van der Waals surface area contributed by atoms with Gasteiger partial charge in [-0.3, -0.25) is 0 Å². The maximum Gasteiger partial charge on any atom is 0.243 e. The van der Waals surface area contributed by atoms with Crippen LogP contribution < -0.4 is 5.32 Å². The molecule has 18 heavy (non-hydrogen) atoms. The number of rotatable bonds is 2. The summed E-state index contributed by atoms with van der Waals surface area (Å²) in [4.78, 5) is 4.51. The second-order valence-electron chi connectivity index (χ2n) is 6.47. The number of nitrogens with one attached hydrogen (secondary N) is 1. The van der Waals surface area contributed by atoms with Gasteiger partial charge in [-0.1, -0.05) is 33.8 Å². The Bertz CT molecular complexity index is 595. The van der Waals surface area contributed by atoms with E-state index in [0.717, 1.165) is 11.6 Å². The van der Waals surface area contributed by atoms with E-state index in [1.54, 1.807) is 0 Å². The minimum Gasteiger partial charge on any atom is -0.349 e. The summed E-state index contributed by atoms with van der Waals surface area (Å²) in [5, 5.41) is 7.94. The van der Waals surface area contributed by atoms with Crippen molar-refractivity contribution in [2.24, 2.45) is 10.8 Å². The summed E-state index contributed by atoms with van der Waals surface area (Å²) in [6.45, 7) is 11.2. The number of pyridine rings is 1. The molecule has 1 fully saturated rings. The van der Waals surface area contributed by atoms with Crippen molar-refractivity contribution in [3.63, 3.8) is 0 Å². The van der Waals surface area contributed by atoms with E-state index in [9.17, 15) is 0 Å². The number of aromatic nitrogens is 3. The molecule has 0 bridgehead atoms. The van der Waals surface area contributed by atoms with Crippen LogP contribution in [-0.4, -0.2) is 20.6 Å². The molecule has 0 aliphatic heterocycles. The fourth-order valence-corrected chi connectivity index (χ4v) is 2.73. The molecule has 1 N–H and O–H groups in total. The smallest absolute Gasteiger partial charge is 0.243 e. The van der Waals surface area contributed by atoms with Gasteiger partial charge < -0.3 is 5.32 Å². The van der Waals surface area contributed by atoms with Crippen LogP contribution in [0.15, 0.2) is 18.3 Å². The van der Waals surface area contributed by atoms with Crippen molar-refractivity contribution in [1.29, 1.82) is 0 Å². The average molecular weight is 244 g/mol. The fraction of sp³-hybridized carbons (Fsp3) is 0.571. The lowest BCUT2D eigenvalue weighted by Crippen LogP contribution is -2.11. The van der Waals surface area contributed by atoms with Crippen LogP contribution in [0.25, 0.3) is 5.65 Å². The summed E-state index contributed by atoms with van der Waals surface area (Å²) in [7, 11) is 0. The van der Waals surface area contributed by atoms with E-state index in [4.69, 9.17) is 0 Å². The number of hydrogen-bond acceptors (Lipinski definition) is 3. The Labute approximate surface area is 107 Å². The second kappa shape index (κ2) is 3.25. The summed E-state index contributed by atoms with van der Waals surface area (Å²) in [6.07, 6.45) is 2.00. The first kappa shape index (κ1) is 11.5. The number of fused-ring (bicyclic) bond motifs is 1. The van der Waals surface area contributed by atoms with Crippen molar-refractivity contribution in [3.8, 4) is 0 Å². The summed E-state index contributed by atoms with van der Waals surface area (Å²) in [5.41, 5.74) is 2.66. The summed E-state index contributed by atoms with van der Waals surface area (Å²) in [6, 6.07) is 4.48. The molecular weight excluding hydrogens is 224 g/mol. The van der Waals surface area contributed by atoms with Gasteiger partial charge in [0.2, 0.25) is 5.95 Å². The van der Waals surface area contributed by atoms with Gasteiger partial charge in [0, 0.05) is 12.2 Å². The van der Waals surface area contributed by atoms with Crippen LogP contribution in [0.2, 0.25) is 0 Å². The molecule has 0 aromatic carbocycles. The number of anilines is 1. The zero-order chi connectivity index (χ0) is 13.1. The summed E-state index contributed by atoms with van der Waals surface area (Å²) in [5.74, 6) is 0.726. The highest BCUT2D eigenvalue weighted by Crippen LogP contribution is 2.63. The van der Waals surface area contributed by atoms with Crippen molar-refractivity contribution in [1.82, 2.24) is 14.6 Å². The third-order valence-electron chi connectivity index (χ3n) is 4.77. The topological polar surface area (TPSA) is 42.2 Å². The van der Waals surface area contributed by atoms with Gasteiger partial charge in [-0.25, -0.2) is 4.52 Å². The molecule has 1 saturated carbocycles. The normalized spacial score (nSPS) is 21.2. The Balaban J connectivity index is 1.89. The van der Waals surface area contributed by atoms with Gasteiger partial charge in [0.1, 0.15) is 0 Å². The van der Waals surface area contributed by atoms with Crippen molar-refractivity contribution >= 4 is 11.6 Å². The molecule has 0 saturated heterocycles. The number of nitrogens with zero attached hydrogens (tertiary/aromatic N) is 3. The van der Waals surface area contributed by atoms with E-state index in [2.05, 4.69) is 56.1 Å². The predicted octanol–water partition coefficient (Wildman–Crippen LogP) is 2.88. The van der Waals surface area contributed by atoms with Gasteiger partial charge in [-0.2, -0.15) is 4.98 Å². The van der Waals surface area contributed by atoms with Gasteiger partial charge in [0.15, 0.2) is 5.65 Å². The van der Waals surface area contributed by atoms with E-state index >= 15 is 0 Å². The molecule has 2 aromatic heterocycles. The SMILES string of the molecule is Cc1ccc2nc(NC3C(C)(C)C3(C)C)nn2c1. The molecule has 1 aliphatic rings. The molecule has 3 rings (SSSR count). The highest BCUT2D eigenvalue weighted by molar-refractivity contribution is 5.46. The molecule has 0 radical (unpaired) electrons. The molecule has 2 aromatic rings. The van der Waals surface area contributed by atoms with Crippen LogP contribution in [0.1, 0.15) is 33.3 Å². The standard InChI is InChI=1S/C14H20N4/c1-9-6-7-10-15-12(17-18(10)8-9)16-11-13(2,3)14(11,4)5/h6-8,11H,1-5H3,(H,16,17). The maximum absolute atomic E-state index is 4.51. The molecule has 0 atom stereocenters. The zero-order valence-corrected chi connectivity index (χ0v) is 11.7. The third kappa shape index (κ3) is 1.44. The van der Waals surface area contributed by atoms with Crippen LogP contribution in [0.5, 0.6) is 0 Å². The quantitative estimate of drug-likeness (QED) is 0.883. The number of hydrogen-bond donors (Lipinski definition) is 1. The highest BCUT2D eigenvalue weighted by Gasteiger charge is 2.65. The van der Waals surface area contributed by atoms with Crippen molar-refractivity contribution < 1.29 is 0 Å². The van der Waals surface area contributed by atoms with Gasteiger partial charge in [0.25, 0.3) is 0 Å². The van der Waals surface area contributed by atoms with Crippen LogP contribution in [-0.2, 0) is 0 Å². The van der Waals surface area contributed by atoms with Crippen molar-refractivity contribution in [2.45, 2.75) is 40.7 Å². The van der Waals surface area contributed by atoms with Gasteiger partial charge >= 0.3 is 0 Å². The van der Waals surface area contributed by atoms with Crippen molar-refractivity contribution in [2.75, 3.05) is 5.32 Å². The predicted molar refractivity (Wildman–Crippen MR) is 72.7 cm³/mol. The zero-order valence-electron chi connectivity index (χ0n) is 11.7. The van der Waals surface area contributed by atoms with Gasteiger partial charge in [-0.05, 0) is 29.4 Å². The third-order valence-corrected chi connectivity index (χ3v) is 4.77. The second-order valence-corrected chi connectivity index (χ2v) is 6.47. The Hall–Kier alpha value is -1.58. The van der Waals surface area contributed by atoms with Gasteiger partial charge in [-0.15, -0.1) is 5.10 Å². The largest absolute Gasteiger partial charge is 0.349 e. The van der Waals surface area contributed by atoms with Crippen LogP contribution in [0.3, 0.4) is 0 Å². The lowest BCUT2D eigenvalue weighted by molar-refractivity contribution is 0.457. The average Bonchev–Trinajstić information content (AvgIpc) is 2.64. The lowest BCUT2D eigenvalue weighted by atomic mass is 10.0. The van der Waals surface area contributed by atoms with Gasteiger partial charge in [0.05, 0.1) is 0 Å². The summed E-state index contributed by atoms with van der Waals surface area (Å²) >= 11 is 0. The Morgan fingerprint density at radius 3 is 2.44 bits per heavy atom. The molecular formula is C14H20N4. The molecule has 4 nitrogen and oxygen atoms in total. The first-order valence-electron chi connectivity index (χ1n) is 6.42. The van der Waals surface area contributed by atoms with Crippen LogP contribution in [0, 0.1) is 17.8 Å². The maximum atomic E-state index is 4.51. The van der Waals surface area contributed by atoms with E-state index < -0.39 is 0 Å². The monoisotopic (exact) mass is 244 g/mol. The Morgan fingerprint density at radius 2 is 1.83 bits per heavy atom. The van der Waals surface area contributed by atoms with Crippen molar-refractivity contribution in [3.05, 3.63) is 23.9 Å². The van der Waals surface area contributed by atoms with E-state index in [0.29, 0.717) is 16.9 Å². The molecule has 1 aliphatic carbocycles. The minimum absolute atomic E-state index is 0.292. The van der Waals surface area contributed by atoms with Crippen LogP contribution in [0.4, 0.5) is 5.95 Å². The van der Waals surface area contributed by atoms with E-state index in [1.165, 1.54) is 5.56 Å². The lowest BCUT2D eigenvalue weighted by Gasteiger charge is -2.02. The minimum atomic E-state index is 0.292. The molecule has 0 spiro atoms. The fourth-order valence-electron chi connectivity index (χ4n) is 2.73. The summed E-state index contributed by atoms with van der Waals surface area (Å²) < 4.78 is 1.83. The Kier molecular flexibility index (Phi) is 2.08. The molecule has 2 heterocycles. The van der Waals surface area contributed by atoms with E-state index in [-0.39, 0.29) is 0 Å². The molecule has 0 amide bonds.